The van der Waals surface area contributed by atoms with Gasteiger partial charge in [0.25, 0.3) is 0 Å². The molecular formula is C20H20FNO4S. The van der Waals surface area contributed by atoms with Crippen LogP contribution in [0.1, 0.15) is 18.2 Å². The van der Waals surface area contributed by atoms with Gasteiger partial charge in [-0.3, -0.25) is 0 Å². The smallest absolute Gasteiger partial charge is 0.243 e. The highest BCUT2D eigenvalue weighted by molar-refractivity contribution is 7.89. The lowest BCUT2D eigenvalue weighted by Crippen LogP contribution is -2.30. The van der Waals surface area contributed by atoms with Crippen molar-refractivity contribution in [3.8, 4) is 5.75 Å². The molecule has 0 aliphatic rings. The van der Waals surface area contributed by atoms with Crippen LogP contribution in [0.2, 0.25) is 0 Å². The van der Waals surface area contributed by atoms with Crippen molar-refractivity contribution in [3.05, 3.63) is 84.1 Å². The van der Waals surface area contributed by atoms with Crippen LogP contribution in [-0.4, -0.2) is 19.3 Å². The summed E-state index contributed by atoms with van der Waals surface area (Å²) in [5.74, 6) is 0.684. The van der Waals surface area contributed by atoms with Crippen LogP contribution in [0.3, 0.4) is 0 Å². The normalized spacial score (nSPS) is 11.7. The maximum absolute atomic E-state index is 13.5. The van der Waals surface area contributed by atoms with E-state index in [0.29, 0.717) is 23.7 Å². The average Bonchev–Trinajstić information content (AvgIpc) is 3.15. The summed E-state index contributed by atoms with van der Waals surface area (Å²) in [4.78, 5) is 0.133. The molecule has 0 bridgehead atoms. The third kappa shape index (κ3) is 4.75. The van der Waals surface area contributed by atoms with Gasteiger partial charge in [-0.05, 0) is 61.0 Å². The molecular weight excluding hydrogens is 369 g/mol. The minimum Gasteiger partial charge on any atom is -0.494 e. The third-order valence-corrected chi connectivity index (χ3v) is 5.74. The van der Waals surface area contributed by atoms with E-state index in [2.05, 4.69) is 0 Å². The van der Waals surface area contributed by atoms with E-state index in [9.17, 15) is 12.8 Å². The minimum atomic E-state index is -3.82. The summed E-state index contributed by atoms with van der Waals surface area (Å²) in [6.45, 7) is 2.41. The van der Waals surface area contributed by atoms with Gasteiger partial charge in [0.15, 0.2) is 0 Å². The molecule has 0 saturated carbocycles. The Morgan fingerprint density at radius 2 is 1.81 bits per heavy atom. The summed E-state index contributed by atoms with van der Waals surface area (Å²) in [7, 11) is -3.82. The maximum Gasteiger partial charge on any atom is 0.243 e. The van der Waals surface area contributed by atoms with Crippen LogP contribution in [0.4, 0.5) is 4.39 Å². The first kappa shape index (κ1) is 19.1. The number of ether oxygens (including phenoxy) is 1. The van der Waals surface area contributed by atoms with E-state index in [-0.39, 0.29) is 18.0 Å². The van der Waals surface area contributed by atoms with Gasteiger partial charge in [0.2, 0.25) is 10.0 Å². The largest absolute Gasteiger partial charge is 0.494 e. The topological polar surface area (TPSA) is 59.8 Å². The summed E-state index contributed by atoms with van der Waals surface area (Å²) in [6, 6.07) is 15.5. The van der Waals surface area contributed by atoms with Crippen molar-refractivity contribution in [1.82, 2.24) is 4.31 Å². The first-order chi connectivity index (χ1) is 13.0. The Morgan fingerprint density at radius 3 is 2.44 bits per heavy atom. The fraction of sp³-hybridized carbons (Fsp3) is 0.200. The zero-order chi connectivity index (χ0) is 19.3. The predicted molar refractivity (Wildman–Crippen MR) is 99.2 cm³/mol. The van der Waals surface area contributed by atoms with Crippen LogP contribution in [0.5, 0.6) is 5.75 Å². The maximum atomic E-state index is 13.5. The van der Waals surface area contributed by atoms with Crippen LogP contribution in [0.25, 0.3) is 0 Å². The standard InChI is InChI=1S/C20H20FNO4S/c1-2-25-18-8-10-20(11-9-18)27(23,24)22(15-19-7-4-12-26-19)14-16-5-3-6-17(21)13-16/h3-13H,2,14-15H2,1H3. The second kappa shape index (κ2) is 8.37. The summed E-state index contributed by atoms with van der Waals surface area (Å²) >= 11 is 0. The fourth-order valence-corrected chi connectivity index (χ4v) is 4.06. The van der Waals surface area contributed by atoms with Gasteiger partial charge in [-0.1, -0.05) is 12.1 Å². The molecule has 7 heteroatoms. The number of hydrogen-bond donors (Lipinski definition) is 0. The number of rotatable bonds is 8. The zero-order valence-electron chi connectivity index (χ0n) is 14.8. The van der Waals surface area contributed by atoms with Crippen molar-refractivity contribution in [1.29, 1.82) is 0 Å². The monoisotopic (exact) mass is 389 g/mol. The molecule has 2 aromatic carbocycles. The van der Waals surface area contributed by atoms with E-state index in [0.717, 1.165) is 0 Å². The summed E-state index contributed by atoms with van der Waals surface area (Å²) in [6.07, 6.45) is 1.49. The highest BCUT2D eigenvalue weighted by Gasteiger charge is 2.26. The highest BCUT2D eigenvalue weighted by atomic mass is 32.2. The highest BCUT2D eigenvalue weighted by Crippen LogP contribution is 2.23. The predicted octanol–water partition coefficient (Wildman–Crippen LogP) is 4.21. The Labute approximate surface area is 158 Å². The van der Waals surface area contributed by atoms with E-state index in [4.69, 9.17) is 9.15 Å². The lowest BCUT2D eigenvalue weighted by Gasteiger charge is -2.21. The van der Waals surface area contributed by atoms with Crippen LogP contribution < -0.4 is 4.74 Å². The lowest BCUT2D eigenvalue weighted by atomic mass is 10.2. The summed E-state index contributed by atoms with van der Waals surface area (Å²) in [5, 5.41) is 0. The molecule has 0 radical (unpaired) electrons. The number of halogens is 1. The SMILES string of the molecule is CCOc1ccc(S(=O)(=O)N(Cc2cccc(F)c2)Cc2ccco2)cc1. The molecule has 1 heterocycles. The Bertz CT molecular complexity index is 969. The quantitative estimate of drug-likeness (QED) is 0.579. The molecule has 0 saturated heterocycles. The molecule has 3 rings (SSSR count). The van der Waals surface area contributed by atoms with Gasteiger partial charge < -0.3 is 9.15 Å². The van der Waals surface area contributed by atoms with E-state index in [1.54, 1.807) is 36.4 Å². The van der Waals surface area contributed by atoms with Crippen LogP contribution >= 0.6 is 0 Å². The number of hydrogen-bond acceptors (Lipinski definition) is 4. The number of furan rings is 1. The van der Waals surface area contributed by atoms with E-state index >= 15 is 0 Å². The zero-order valence-corrected chi connectivity index (χ0v) is 15.7. The van der Waals surface area contributed by atoms with Crippen molar-refractivity contribution >= 4 is 10.0 Å². The van der Waals surface area contributed by atoms with Gasteiger partial charge in [0, 0.05) is 6.54 Å². The van der Waals surface area contributed by atoms with E-state index < -0.39 is 15.8 Å². The molecule has 1 aromatic heterocycles. The number of sulfonamides is 1. The molecule has 0 N–H and O–H groups in total. The summed E-state index contributed by atoms with van der Waals surface area (Å²) < 4.78 is 51.8. The molecule has 3 aromatic rings. The van der Waals surface area contributed by atoms with Gasteiger partial charge in [-0.25, -0.2) is 12.8 Å². The molecule has 27 heavy (non-hydrogen) atoms. The van der Waals surface area contributed by atoms with Crippen LogP contribution in [0, 0.1) is 5.82 Å². The van der Waals surface area contributed by atoms with Crippen molar-refractivity contribution in [3.63, 3.8) is 0 Å². The number of nitrogens with zero attached hydrogens (tertiary/aromatic N) is 1. The van der Waals surface area contributed by atoms with Gasteiger partial charge in [-0.15, -0.1) is 0 Å². The minimum absolute atomic E-state index is 0.0218. The first-order valence-corrected chi connectivity index (χ1v) is 9.93. The molecule has 0 aliphatic carbocycles. The molecule has 0 amide bonds. The second-order valence-corrected chi connectivity index (χ2v) is 7.82. The molecule has 142 valence electrons. The van der Waals surface area contributed by atoms with Crippen molar-refractivity contribution in [2.45, 2.75) is 24.9 Å². The third-order valence-electron chi connectivity index (χ3n) is 3.93. The molecule has 0 fully saturated rings. The van der Waals surface area contributed by atoms with Crippen molar-refractivity contribution in [2.24, 2.45) is 0 Å². The van der Waals surface area contributed by atoms with Crippen molar-refractivity contribution in [2.75, 3.05) is 6.61 Å². The molecule has 5 nitrogen and oxygen atoms in total. The number of benzene rings is 2. The molecule has 0 aliphatic heterocycles. The van der Waals surface area contributed by atoms with E-state index in [1.165, 1.54) is 34.8 Å². The van der Waals surface area contributed by atoms with E-state index in [1.807, 2.05) is 6.92 Å². The Morgan fingerprint density at radius 1 is 1.04 bits per heavy atom. The molecule has 0 unspecified atom stereocenters. The Kier molecular flexibility index (Phi) is 5.93. The van der Waals surface area contributed by atoms with Gasteiger partial charge >= 0.3 is 0 Å². The lowest BCUT2D eigenvalue weighted by molar-refractivity contribution is 0.339. The van der Waals surface area contributed by atoms with Gasteiger partial charge in [0.1, 0.15) is 17.3 Å². The fourth-order valence-electron chi connectivity index (χ4n) is 2.66. The summed E-state index contributed by atoms with van der Waals surface area (Å²) in [5.41, 5.74) is 0.552. The Hall–Kier alpha value is -2.64. The average molecular weight is 389 g/mol. The molecule has 0 spiro atoms. The first-order valence-electron chi connectivity index (χ1n) is 8.49. The van der Waals surface area contributed by atoms with Gasteiger partial charge in [-0.2, -0.15) is 4.31 Å². The van der Waals surface area contributed by atoms with Crippen LogP contribution in [-0.2, 0) is 23.1 Å². The molecule has 0 atom stereocenters. The Balaban J connectivity index is 1.92. The van der Waals surface area contributed by atoms with Gasteiger partial charge in [0.05, 0.1) is 24.3 Å². The second-order valence-electron chi connectivity index (χ2n) is 5.89. The van der Waals surface area contributed by atoms with Crippen molar-refractivity contribution < 1.29 is 22.0 Å². The van der Waals surface area contributed by atoms with Crippen LogP contribution in [0.15, 0.2) is 76.2 Å².